The number of carbonyl (C=O) groups is 2. The van der Waals surface area contributed by atoms with Gasteiger partial charge in [0.05, 0.1) is 0 Å². The van der Waals surface area contributed by atoms with Crippen molar-refractivity contribution < 1.29 is 19.1 Å². The second-order valence-corrected chi connectivity index (χ2v) is 9.59. The van der Waals surface area contributed by atoms with E-state index in [1.807, 2.05) is 53.7 Å². The van der Waals surface area contributed by atoms with Crippen molar-refractivity contribution in [2.24, 2.45) is 0 Å². The van der Waals surface area contributed by atoms with Gasteiger partial charge in [-0.1, -0.05) is 60.7 Å². The van der Waals surface area contributed by atoms with E-state index in [-0.39, 0.29) is 17.3 Å². The van der Waals surface area contributed by atoms with Crippen molar-refractivity contribution in [3.63, 3.8) is 0 Å². The van der Waals surface area contributed by atoms with Crippen molar-refractivity contribution in [1.82, 2.24) is 4.90 Å². The molecule has 1 saturated heterocycles. The zero-order chi connectivity index (χ0) is 24.0. The van der Waals surface area contributed by atoms with Gasteiger partial charge in [-0.25, -0.2) is 4.79 Å². The van der Waals surface area contributed by atoms with Gasteiger partial charge in [0.15, 0.2) is 0 Å². The van der Waals surface area contributed by atoms with Gasteiger partial charge in [-0.15, -0.1) is 0 Å². The van der Waals surface area contributed by atoms with E-state index in [0.717, 1.165) is 25.9 Å². The summed E-state index contributed by atoms with van der Waals surface area (Å²) in [7, 11) is 0. The number of carbonyl (C=O) groups excluding carboxylic acids is 2. The van der Waals surface area contributed by atoms with Crippen LogP contribution in [0.5, 0.6) is 0 Å². The van der Waals surface area contributed by atoms with Gasteiger partial charge in [0.1, 0.15) is 11.2 Å². The van der Waals surface area contributed by atoms with Crippen molar-refractivity contribution >= 4 is 12.6 Å². The second-order valence-electron chi connectivity index (χ2n) is 9.59. The molecular weight excluding hydrogens is 402 g/mol. The van der Waals surface area contributed by atoms with E-state index in [1.165, 1.54) is 17.5 Å². The first-order valence-electron chi connectivity index (χ1n) is 11.2. The first kappa shape index (κ1) is 27.2. The van der Waals surface area contributed by atoms with Crippen LogP contribution in [0.1, 0.15) is 60.8 Å². The molecule has 5 heteroatoms. The molecule has 0 N–H and O–H groups in total. The van der Waals surface area contributed by atoms with Gasteiger partial charge in [-0.05, 0) is 71.9 Å². The molecule has 1 aliphatic rings. The summed E-state index contributed by atoms with van der Waals surface area (Å²) in [6.07, 6.45) is 3.30. The first-order chi connectivity index (χ1) is 15.0. The highest BCUT2D eigenvalue weighted by atomic mass is 16.6. The van der Waals surface area contributed by atoms with Crippen LogP contribution in [0, 0.1) is 0 Å². The van der Waals surface area contributed by atoms with Gasteiger partial charge in [-0.3, -0.25) is 4.79 Å². The third-order valence-corrected chi connectivity index (χ3v) is 4.29. The Labute approximate surface area is 193 Å². The molecule has 0 aromatic heterocycles. The molecule has 1 aliphatic heterocycles. The minimum Gasteiger partial charge on any atom is -0.462 e. The lowest BCUT2D eigenvalue weighted by atomic mass is 10.1. The lowest BCUT2D eigenvalue weighted by molar-refractivity contribution is -0.138. The standard InChI is InChI=1S/C12H10.C10H19NO2.C5H10O2/c1-3-7-11(8-4-1)12-9-5-2-6-10-12;1-10(2,3)13-9(12)11-7-5-4-6-8-11;1-5(2,3)7-4-6/h1-10H;4-8H2,1-3H3;4H,1-3H3. The number of nitrogens with zero attached hydrogens (tertiary/aromatic N) is 1. The summed E-state index contributed by atoms with van der Waals surface area (Å²) in [5.74, 6) is 0. The van der Waals surface area contributed by atoms with E-state index in [9.17, 15) is 9.59 Å². The van der Waals surface area contributed by atoms with E-state index < -0.39 is 0 Å². The molecule has 1 amide bonds. The number of ether oxygens (including phenoxy) is 2. The van der Waals surface area contributed by atoms with Crippen LogP contribution in [0.3, 0.4) is 0 Å². The van der Waals surface area contributed by atoms with Crippen molar-refractivity contribution in [3.8, 4) is 11.1 Å². The topological polar surface area (TPSA) is 55.8 Å². The average Bonchev–Trinajstić information content (AvgIpc) is 2.75. The molecule has 5 nitrogen and oxygen atoms in total. The number of piperidine rings is 1. The summed E-state index contributed by atoms with van der Waals surface area (Å²) in [5.41, 5.74) is 1.87. The molecule has 2 aromatic carbocycles. The summed E-state index contributed by atoms with van der Waals surface area (Å²) in [6, 6.07) is 20.8. The lowest BCUT2D eigenvalue weighted by Gasteiger charge is -2.29. The maximum absolute atomic E-state index is 11.5. The number of amides is 1. The van der Waals surface area contributed by atoms with Gasteiger partial charge >= 0.3 is 6.09 Å². The summed E-state index contributed by atoms with van der Waals surface area (Å²) in [4.78, 5) is 22.9. The Morgan fingerprint density at radius 2 is 1.19 bits per heavy atom. The maximum Gasteiger partial charge on any atom is 0.410 e. The van der Waals surface area contributed by atoms with Crippen LogP contribution in [-0.4, -0.2) is 41.8 Å². The highest BCUT2D eigenvalue weighted by Crippen LogP contribution is 2.17. The molecule has 0 radical (unpaired) electrons. The van der Waals surface area contributed by atoms with Crippen LogP contribution in [0.2, 0.25) is 0 Å². The highest BCUT2D eigenvalue weighted by molar-refractivity contribution is 5.68. The van der Waals surface area contributed by atoms with E-state index in [2.05, 4.69) is 53.3 Å². The van der Waals surface area contributed by atoms with Crippen molar-refractivity contribution in [3.05, 3.63) is 60.7 Å². The first-order valence-corrected chi connectivity index (χ1v) is 11.2. The Kier molecular flexibility index (Phi) is 11.5. The van der Waals surface area contributed by atoms with Crippen molar-refractivity contribution in [2.45, 2.75) is 72.0 Å². The Balaban J connectivity index is 0.000000252. The molecule has 0 saturated carbocycles. The molecule has 32 heavy (non-hydrogen) atoms. The molecule has 0 spiro atoms. The fourth-order valence-electron chi connectivity index (χ4n) is 2.81. The minimum atomic E-state index is -0.367. The molecule has 3 rings (SSSR count). The molecule has 0 atom stereocenters. The van der Waals surface area contributed by atoms with Gasteiger partial charge in [0.2, 0.25) is 0 Å². The van der Waals surface area contributed by atoms with Crippen molar-refractivity contribution in [1.29, 1.82) is 0 Å². The van der Waals surface area contributed by atoms with Gasteiger partial charge < -0.3 is 14.4 Å². The molecule has 2 aromatic rings. The molecule has 0 bridgehead atoms. The fourth-order valence-corrected chi connectivity index (χ4v) is 2.81. The third kappa shape index (κ3) is 12.8. The van der Waals surface area contributed by atoms with Crippen LogP contribution in [0.25, 0.3) is 11.1 Å². The largest absolute Gasteiger partial charge is 0.462 e. The van der Waals surface area contributed by atoms with Crippen molar-refractivity contribution in [2.75, 3.05) is 13.1 Å². The monoisotopic (exact) mass is 441 g/mol. The quantitative estimate of drug-likeness (QED) is 0.486. The summed E-state index contributed by atoms with van der Waals surface area (Å²) in [6.45, 7) is 13.3. The average molecular weight is 442 g/mol. The summed E-state index contributed by atoms with van der Waals surface area (Å²) in [5, 5.41) is 0. The molecule has 0 aliphatic carbocycles. The molecule has 1 fully saturated rings. The minimum absolute atomic E-state index is 0.160. The van der Waals surface area contributed by atoms with Crippen LogP contribution < -0.4 is 0 Å². The number of rotatable bonds is 2. The van der Waals surface area contributed by atoms with Crippen LogP contribution in [0.15, 0.2) is 60.7 Å². The molecule has 1 heterocycles. The Morgan fingerprint density at radius 1 is 0.750 bits per heavy atom. The van der Waals surface area contributed by atoms with Gasteiger partial charge in [0, 0.05) is 13.1 Å². The highest BCUT2D eigenvalue weighted by Gasteiger charge is 2.22. The second kappa shape index (κ2) is 13.6. The Hall–Kier alpha value is -2.82. The fraction of sp³-hybridized carbons (Fsp3) is 0.481. The number of likely N-dealkylation sites (tertiary alicyclic amines) is 1. The normalized spacial score (nSPS) is 13.5. The predicted molar refractivity (Wildman–Crippen MR) is 130 cm³/mol. The summed E-state index contributed by atoms with van der Waals surface area (Å²) >= 11 is 0. The zero-order valence-electron chi connectivity index (χ0n) is 20.5. The summed E-state index contributed by atoms with van der Waals surface area (Å²) < 4.78 is 9.81. The Morgan fingerprint density at radius 3 is 1.50 bits per heavy atom. The number of benzene rings is 2. The van der Waals surface area contributed by atoms with Crippen LogP contribution in [0.4, 0.5) is 4.79 Å². The maximum atomic E-state index is 11.5. The SMILES string of the molecule is CC(C)(C)OC(=O)N1CCCCC1.CC(C)(C)OC=O.c1ccc(-c2ccccc2)cc1. The van der Waals surface area contributed by atoms with E-state index >= 15 is 0 Å². The van der Waals surface area contributed by atoms with Crippen LogP contribution in [-0.2, 0) is 14.3 Å². The zero-order valence-corrected chi connectivity index (χ0v) is 20.5. The molecule has 176 valence electrons. The lowest BCUT2D eigenvalue weighted by Crippen LogP contribution is -2.39. The van der Waals surface area contributed by atoms with Gasteiger partial charge in [-0.2, -0.15) is 0 Å². The molecule has 0 unspecified atom stereocenters. The molecular formula is C27H39NO4. The number of hydrogen-bond acceptors (Lipinski definition) is 4. The van der Waals surface area contributed by atoms with Crippen LogP contribution >= 0.6 is 0 Å². The predicted octanol–water partition coefficient (Wildman–Crippen LogP) is 6.72. The third-order valence-electron chi connectivity index (χ3n) is 4.29. The number of hydrogen-bond donors (Lipinski definition) is 0. The van der Waals surface area contributed by atoms with Gasteiger partial charge in [0.25, 0.3) is 6.47 Å². The van der Waals surface area contributed by atoms with E-state index in [4.69, 9.17) is 4.74 Å². The Bertz CT molecular complexity index is 733. The van der Waals surface area contributed by atoms with E-state index in [0.29, 0.717) is 6.47 Å². The van der Waals surface area contributed by atoms with E-state index in [1.54, 1.807) is 4.90 Å². The smallest absolute Gasteiger partial charge is 0.410 e.